The fourth-order valence-corrected chi connectivity index (χ4v) is 3.46. The summed E-state index contributed by atoms with van der Waals surface area (Å²) in [4.78, 5) is 0. The molecule has 0 spiro atoms. The van der Waals surface area contributed by atoms with Gasteiger partial charge in [0.05, 0.1) is 5.54 Å². The van der Waals surface area contributed by atoms with Crippen molar-refractivity contribution in [3.8, 4) is 0 Å². The van der Waals surface area contributed by atoms with Crippen LogP contribution in [0, 0.1) is 0 Å². The normalized spacial score (nSPS) is 11.4. The van der Waals surface area contributed by atoms with Crippen molar-refractivity contribution in [3.05, 3.63) is 107 Å². The standard InChI is InChI=1S/C21H20ClN/c1-2-23-21(17-11-5-3-6-12-17,18-13-7-4-8-14-18)19-15-9-10-16-20(19)22/h3-16,23H,2H2,1H3. The zero-order valence-electron chi connectivity index (χ0n) is 13.2. The number of halogens is 1. The Kier molecular flexibility index (Phi) is 4.80. The SMILES string of the molecule is CCNC(c1ccccc1)(c1ccccc1)c1ccccc1Cl. The molecular weight excluding hydrogens is 302 g/mol. The van der Waals surface area contributed by atoms with Crippen molar-refractivity contribution in [2.75, 3.05) is 6.54 Å². The van der Waals surface area contributed by atoms with E-state index < -0.39 is 5.54 Å². The minimum Gasteiger partial charge on any atom is -0.300 e. The molecule has 0 radical (unpaired) electrons. The Bertz CT molecular complexity index is 714. The summed E-state index contributed by atoms with van der Waals surface area (Å²) in [5.74, 6) is 0. The van der Waals surface area contributed by atoms with Crippen LogP contribution < -0.4 is 5.32 Å². The molecule has 3 aromatic rings. The number of benzene rings is 3. The highest BCUT2D eigenvalue weighted by atomic mass is 35.5. The second-order valence-electron chi connectivity index (χ2n) is 5.49. The van der Waals surface area contributed by atoms with Gasteiger partial charge < -0.3 is 5.32 Å². The van der Waals surface area contributed by atoms with Crippen LogP contribution in [0.2, 0.25) is 5.02 Å². The molecule has 0 amide bonds. The maximum atomic E-state index is 6.60. The van der Waals surface area contributed by atoms with Crippen LogP contribution in [0.5, 0.6) is 0 Å². The van der Waals surface area contributed by atoms with E-state index in [1.54, 1.807) is 0 Å². The molecule has 0 atom stereocenters. The van der Waals surface area contributed by atoms with E-state index in [2.05, 4.69) is 66.8 Å². The van der Waals surface area contributed by atoms with Crippen LogP contribution in [-0.4, -0.2) is 6.54 Å². The van der Waals surface area contributed by atoms with Crippen LogP contribution in [0.4, 0.5) is 0 Å². The molecule has 0 unspecified atom stereocenters. The molecule has 0 saturated heterocycles. The zero-order chi connectivity index (χ0) is 16.1. The number of nitrogens with one attached hydrogen (secondary N) is 1. The molecule has 0 aliphatic heterocycles. The first-order valence-electron chi connectivity index (χ1n) is 7.90. The summed E-state index contributed by atoms with van der Waals surface area (Å²) < 4.78 is 0. The van der Waals surface area contributed by atoms with Crippen LogP contribution in [-0.2, 0) is 5.54 Å². The third-order valence-electron chi connectivity index (χ3n) is 4.13. The first-order chi connectivity index (χ1) is 11.3. The molecule has 2 heteroatoms. The maximum Gasteiger partial charge on any atom is 0.0962 e. The second-order valence-corrected chi connectivity index (χ2v) is 5.90. The molecule has 1 nitrogen and oxygen atoms in total. The quantitative estimate of drug-likeness (QED) is 0.633. The molecule has 0 bridgehead atoms. The number of hydrogen-bond donors (Lipinski definition) is 1. The lowest BCUT2D eigenvalue weighted by atomic mass is 9.77. The van der Waals surface area contributed by atoms with Crippen LogP contribution >= 0.6 is 11.6 Å². The smallest absolute Gasteiger partial charge is 0.0962 e. The van der Waals surface area contributed by atoms with Crippen molar-refractivity contribution in [1.82, 2.24) is 5.32 Å². The molecule has 0 aliphatic carbocycles. The summed E-state index contributed by atoms with van der Waals surface area (Å²) in [6.45, 7) is 2.95. The van der Waals surface area contributed by atoms with Crippen LogP contribution in [0.15, 0.2) is 84.9 Å². The van der Waals surface area contributed by atoms with Crippen LogP contribution in [0.3, 0.4) is 0 Å². The van der Waals surface area contributed by atoms with E-state index in [4.69, 9.17) is 11.6 Å². The van der Waals surface area contributed by atoms with Crippen molar-refractivity contribution in [2.45, 2.75) is 12.5 Å². The first kappa shape index (κ1) is 15.8. The van der Waals surface area contributed by atoms with Gasteiger partial charge in [0, 0.05) is 5.02 Å². The van der Waals surface area contributed by atoms with E-state index in [-0.39, 0.29) is 0 Å². The largest absolute Gasteiger partial charge is 0.300 e. The highest BCUT2D eigenvalue weighted by Gasteiger charge is 2.36. The summed E-state index contributed by atoms with van der Waals surface area (Å²) in [5.41, 5.74) is 2.97. The Morgan fingerprint density at radius 1 is 0.739 bits per heavy atom. The fraction of sp³-hybridized carbons (Fsp3) is 0.143. The minimum absolute atomic E-state index is 0.463. The summed E-state index contributed by atoms with van der Waals surface area (Å²) in [6, 6.07) is 29.0. The van der Waals surface area contributed by atoms with Gasteiger partial charge in [0.1, 0.15) is 0 Å². The van der Waals surface area contributed by atoms with Gasteiger partial charge in [0.15, 0.2) is 0 Å². The third kappa shape index (κ3) is 2.90. The lowest BCUT2D eigenvalue weighted by Gasteiger charge is -2.37. The van der Waals surface area contributed by atoms with Crippen molar-refractivity contribution >= 4 is 11.6 Å². The predicted molar refractivity (Wildman–Crippen MR) is 97.9 cm³/mol. The highest BCUT2D eigenvalue weighted by Crippen LogP contribution is 2.39. The molecule has 0 aromatic heterocycles. The van der Waals surface area contributed by atoms with Crippen LogP contribution in [0.25, 0.3) is 0 Å². The summed E-state index contributed by atoms with van der Waals surface area (Å²) in [5, 5.41) is 4.47. The van der Waals surface area contributed by atoms with Crippen molar-refractivity contribution in [3.63, 3.8) is 0 Å². The first-order valence-corrected chi connectivity index (χ1v) is 8.28. The van der Waals surface area contributed by atoms with E-state index in [1.165, 1.54) is 11.1 Å². The minimum atomic E-state index is -0.463. The summed E-state index contributed by atoms with van der Waals surface area (Å²) in [6.07, 6.45) is 0. The van der Waals surface area contributed by atoms with Gasteiger partial charge in [-0.2, -0.15) is 0 Å². The van der Waals surface area contributed by atoms with Gasteiger partial charge in [-0.3, -0.25) is 0 Å². The Hall–Kier alpha value is -2.09. The molecular formula is C21H20ClN. The topological polar surface area (TPSA) is 12.0 Å². The Morgan fingerprint density at radius 3 is 1.70 bits per heavy atom. The van der Waals surface area contributed by atoms with Gasteiger partial charge in [-0.05, 0) is 29.3 Å². The maximum absolute atomic E-state index is 6.60. The van der Waals surface area contributed by atoms with E-state index in [0.717, 1.165) is 17.1 Å². The molecule has 3 aromatic carbocycles. The average molecular weight is 322 g/mol. The van der Waals surface area contributed by atoms with E-state index in [1.807, 2.05) is 30.3 Å². The lowest BCUT2D eigenvalue weighted by molar-refractivity contribution is 0.488. The Balaban J connectivity index is 2.34. The molecule has 116 valence electrons. The van der Waals surface area contributed by atoms with Crippen LogP contribution in [0.1, 0.15) is 23.6 Å². The molecule has 0 fully saturated rings. The van der Waals surface area contributed by atoms with Crippen molar-refractivity contribution < 1.29 is 0 Å². The van der Waals surface area contributed by atoms with Gasteiger partial charge in [-0.1, -0.05) is 97.4 Å². The number of hydrogen-bond acceptors (Lipinski definition) is 1. The Labute approximate surface area is 142 Å². The predicted octanol–water partition coefficient (Wildman–Crippen LogP) is 5.24. The number of rotatable bonds is 5. The Morgan fingerprint density at radius 2 is 1.22 bits per heavy atom. The summed E-state index contributed by atoms with van der Waals surface area (Å²) in [7, 11) is 0. The third-order valence-corrected chi connectivity index (χ3v) is 4.46. The molecule has 3 rings (SSSR count). The molecule has 23 heavy (non-hydrogen) atoms. The van der Waals surface area contributed by atoms with E-state index >= 15 is 0 Å². The second kappa shape index (κ2) is 6.99. The molecule has 0 aliphatic rings. The van der Waals surface area contributed by atoms with Crippen molar-refractivity contribution in [1.29, 1.82) is 0 Å². The van der Waals surface area contributed by atoms with Gasteiger partial charge in [0.25, 0.3) is 0 Å². The van der Waals surface area contributed by atoms with E-state index in [9.17, 15) is 0 Å². The molecule has 0 heterocycles. The lowest BCUT2D eigenvalue weighted by Crippen LogP contribution is -2.44. The highest BCUT2D eigenvalue weighted by molar-refractivity contribution is 6.31. The monoisotopic (exact) mass is 321 g/mol. The van der Waals surface area contributed by atoms with E-state index in [0.29, 0.717) is 0 Å². The molecule has 1 N–H and O–H groups in total. The molecule has 0 saturated carbocycles. The van der Waals surface area contributed by atoms with Crippen molar-refractivity contribution in [2.24, 2.45) is 0 Å². The average Bonchev–Trinajstić information content (AvgIpc) is 2.62. The van der Waals surface area contributed by atoms with Gasteiger partial charge in [-0.15, -0.1) is 0 Å². The van der Waals surface area contributed by atoms with Gasteiger partial charge in [0.2, 0.25) is 0 Å². The van der Waals surface area contributed by atoms with Gasteiger partial charge in [-0.25, -0.2) is 0 Å². The summed E-state index contributed by atoms with van der Waals surface area (Å²) >= 11 is 6.60. The van der Waals surface area contributed by atoms with Gasteiger partial charge >= 0.3 is 0 Å². The zero-order valence-corrected chi connectivity index (χ0v) is 13.9. The fourth-order valence-electron chi connectivity index (χ4n) is 3.18.